The zero-order valence-corrected chi connectivity index (χ0v) is 18.7. The van der Waals surface area contributed by atoms with Gasteiger partial charge in [-0.1, -0.05) is 30.3 Å². The average molecular weight is 441 g/mol. The van der Waals surface area contributed by atoms with Gasteiger partial charge in [0.25, 0.3) is 5.91 Å². The minimum absolute atomic E-state index is 0.123. The average Bonchev–Trinajstić information content (AvgIpc) is 3.23. The second-order valence-corrected chi connectivity index (χ2v) is 8.54. The second kappa shape index (κ2) is 9.44. The van der Waals surface area contributed by atoms with Crippen LogP contribution in [0.1, 0.15) is 15.9 Å². The Morgan fingerprint density at radius 3 is 2.48 bits per heavy atom. The van der Waals surface area contributed by atoms with E-state index in [9.17, 15) is 4.79 Å². The lowest BCUT2D eigenvalue weighted by molar-refractivity contribution is 0.102. The van der Waals surface area contributed by atoms with E-state index in [1.54, 1.807) is 0 Å². The number of amides is 1. The van der Waals surface area contributed by atoms with Crippen molar-refractivity contribution in [2.45, 2.75) is 6.54 Å². The molecule has 0 aliphatic carbocycles. The summed E-state index contributed by atoms with van der Waals surface area (Å²) in [5, 5.41) is 6.26. The van der Waals surface area contributed by atoms with E-state index in [-0.39, 0.29) is 5.91 Å². The third-order valence-electron chi connectivity index (χ3n) is 5.99. The van der Waals surface area contributed by atoms with Gasteiger partial charge in [0.15, 0.2) is 0 Å². The molecular weight excluding hydrogens is 412 g/mol. The monoisotopic (exact) mass is 440 g/mol. The van der Waals surface area contributed by atoms with Crippen LogP contribution in [-0.2, 0) is 6.54 Å². The molecule has 5 rings (SSSR count). The Morgan fingerprint density at radius 2 is 1.70 bits per heavy atom. The lowest BCUT2D eigenvalue weighted by Crippen LogP contribution is -2.43. The summed E-state index contributed by atoms with van der Waals surface area (Å²) in [5.41, 5.74) is 5.32. The van der Waals surface area contributed by atoms with Gasteiger partial charge in [-0.2, -0.15) is 0 Å². The molecule has 0 saturated carbocycles. The number of imidazole rings is 1. The largest absolute Gasteiger partial charge is 0.326 e. The number of nitrogens with zero attached hydrogens (tertiary/aromatic N) is 3. The standard InChI is InChI=1S/C26H28N6O/c1-31-13-15-32(16-14-31)18-19-9-11-20(12-10-19)25(33)27-21-5-4-6-22(17-21)28-26-29-23-7-2-3-8-24(23)30-26/h2-12,17H,13-16,18H2,1H3,(H,27,33)(H2,28,29,30). The van der Waals surface area contributed by atoms with E-state index in [0.717, 1.165) is 55.1 Å². The summed E-state index contributed by atoms with van der Waals surface area (Å²) in [7, 11) is 2.16. The molecule has 0 unspecified atom stereocenters. The smallest absolute Gasteiger partial charge is 0.255 e. The second-order valence-electron chi connectivity index (χ2n) is 8.54. The number of benzene rings is 3. The highest BCUT2D eigenvalue weighted by Crippen LogP contribution is 2.21. The Bertz CT molecular complexity index is 1210. The number of anilines is 3. The van der Waals surface area contributed by atoms with Crippen molar-refractivity contribution in [3.8, 4) is 0 Å². The molecule has 33 heavy (non-hydrogen) atoms. The number of fused-ring (bicyclic) bond motifs is 1. The number of carbonyl (C=O) groups is 1. The molecule has 0 bridgehead atoms. The van der Waals surface area contributed by atoms with Gasteiger partial charge in [0, 0.05) is 49.7 Å². The van der Waals surface area contributed by atoms with Crippen LogP contribution in [0.4, 0.5) is 17.3 Å². The van der Waals surface area contributed by atoms with Gasteiger partial charge in [0.05, 0.1) is 11.0 Å². The summed E-state index contributed by atoms with van der Waals surface area (Å²) < 4.78 is 0. The normalized spacial score (nSPS) is 14.9. The summed E-state index contributed by atoms with van der Waals surface area (Å²) in [5.74, 6) is 0.539. The molecule has 1 aliphatic heterocycles. The first-order chi connectivity index (χ1) is 16.1. The van der Waals surface area contributed by atoms with Crippen molar-refractivity contribution in [3.05, 3.63) is 83.9 Å². The van der Waals surface area contributed by atoms with E-state index in [0.29, 0.717) is 11.5 Å². The van der Waals surface area contributed by atoms with E-state index in [1.165, 1.54) is 5.56 Å². The van der Waals surface area contributed by atoms with Gasteiger partial charge in [0.1, 0.15) is 0 Å². The number of rotatable bonds is 6. The van der Waals surface area contributed by atoms with Crippen LogP contribution in [0.5, 0.6) is 0 Å². The Balaban J connectivity index is 1.20. The number of aromatic amines is 1. The van der Waals surface area contributed by atoms with Gasteiger partial charge >= 0.3 is 0 Å². The van der Waals surface area contributed by atoms with Crippen LogP contribution < -0.4 is 10.6 Å². The minimum atomic E-state index is -0.123. The molecule has 7 nitrogen and oxygen atoms in total. The maximum Gasteiger partial charge on any atom is 0.255 e. The van der Waals surface area contributed by atoms with Crippen molar-refractivity contribution in [1.82, 2.24) is 19.8 Å². The number of carbonyl (C=O) groups excluding carboxylic acids is 1. The van der Waals surface area contributed by atoms with Crippen molar-refractivity contribution in [1.29, 1.82) is 0 Å². The predicted octanol–water partition coefficient (Wildman–Crippen LogP) is 4.31. The highest BCUT2D eigenvalue weighted by molar-refractivity contribution is 6.04. The van der Waals surface area contributed by atoms with Crippen LogP contribution in [0.3, 0.4) is 0 Å². The fourth-order valence-corrected chi connectivity index (χ4v) is 4.05. The van der Waals surface area contributed by atoms with Crippen molar-refractivity contribution in [2.75, 3.05) is 43.9 Å². The molecule has 7 heteroatoms. The summed E-state index contributed by atoms with van der Waals surface area (Å²) in [4.78, 5) is 25.4. The van der Waals surface area contributed by atoms with Crippen LogP contribution in [-0.4, -0.2) is 58.9 Å². The van der Waals surface area contributed by atoms with Crippen molar-refractivity contribution >= 4 is 34.3 Å². The summed E-state index contributed by atoms with van der Waals surface area (Å²) in [6, 6.07) is 23.4. The quantitative estimate of drug-likeness (QED) is 0.417. The molecule has 168 valence electrons. The molecule has 3 N–H and O–H groups in total. The first kappa shape index (κ1) is 21.2. The van der Waals surface area contributed by atoms with E-state index in [4.69, 9.17) is 0 Å². The van der Waals surface area contributed by atoms with Gasteiger partial charge in [-0.05, 0) is 55.1 Å². The van der Waals surface area contributed by atoms with E-state index < -0.39 is 0 Å². The Morgan fingerprint density at radius 1 is 0.939 bits per heavy atom. The topological polar surface area (TPSA) is 76.3 Å². The Kier molecular flexibility index (Phi) is 6.06. The molecule has 1 aliphatic rings. The van der Waals surface area contributed by atoms with Gasteiger partial charge in [-0.3, -0.25) is 9.69 Å². The highest BCUT2D eigenvalue weighted by Gasteiger charge is 2.14. The number of nitrogens with one attached hydrogen (secondary N) is 3. The summed E-state index contributed by atoms with van der Waals surface area (Å²) >= 11 is 0. The van der Waals surface area contributed by atoms with Crippen molar-refractivity contribution < 1.29 is 4.79 Å². The molecule has 2 heterocycles. The zero-order chi connectivity index (χ0) is 22.6. The molecule has 0 radical (unpaired) electrons. The molecule has 3 aromatic carbocycles. The van der Waals surface area contributed by atoms with Gasteiger partial charge in [-0.15, -0.1) is 0 Å². The third kappa shape index (κ3) is 5.22. The van der Waals surface area contributed by atoms with Crippen LogP contribution in [0.25, 0.3) is 11.0 Å². The van der Waals surface area contributed by atoms with Gasteiger partial charge in [0.2, 0.25) is 5.95 Å². The first-order valence-electron chi connectivity index (χ1n) is 11.3. The number of aromatic nitrogens is 2. The zero-order valence-electron chi connectivity index (χ0n) is 18.7. The third-order valence-corrected chi connectivity index (χ3v) is 5.99. The van der Waals surface area contributed by atoms with Crippen molar-refractivity contribution in [2.24, 2.45) is 0 Å². The molecular formula is C26H28N6O. The molecule has 1 amide bonds. The van der Waals surface area contributed by atoms with Crippen LogP contribution in [0, 0.1) is 0 Å². The van der Waals surface area contributed by atoms with Gasteiger partial charge in [-0.25, -0.2) is 4.98 Å². The van der Waals surface area contributed by atoms with Crippen molar-refractivity contribution in [3.63, 3.8) is 0 Å². The molecule has 0 spiro atoms. The van der Waals surface area contributed by atoms with E-state index in [1.807, 2.05) is 72.8 Å². The van der Waals surface area contributed by atoms with E-state index >= 15 is 0 Å². The molecule has 0 atom stereocenters. The van der Waals surface area contributed by atoms with E-state index in [2.05, 4.69) is 37.4 Å². The Labute approximate surface area is 193 Å². The number of para-hydroxylation sites is 2. The number of hydrogen-bond donors (Lipinski definition) is 3. The summed E-state index contributed by atoms with van der Waals surface area (Å²) in [6.45, 7) is 5.29. The lowest BCUT2D eigenvalue weighted by atomic mass is 10.1. The number of likely N-dealkylation sites (N-methyl/N-ethyl adjacent to an activating group) is 1. The predicted molar refractivity (Wildman–Crippen MR) is 133 cm³/mol. The number of hydrogen-bond acceptors (Lipinski definition) is 5. The summed E-state index contributed by atoms with van der Waals surface area (Å²) in [6.07, 6.45) is 0. The minimum Gasteiger partial charge on any atom is -0.326 e. The first-order valence-corrected chi connectivity index (χ1v) is 11.3. The molecule has 1 aromatic heterocycles. The SMILES string of the molecule is CN1CCN(Cc2ccc(C(=O)Nc3cccc(Nc4nc5ccccc5[nH]4)c3)cc2)CC1. The fraction of sp³-hybridized carbons (Fsp3) is 0.231. The Hall–Kier alpha value is -3.68. The van der Waals surface area contributed by atoms with Crippen LogP contribution in [0.15, 0.2) is 72.8 Å². The lowest BCUT2D eigenvalue weighted by Gasteiger charge is -2.32. The maximum atomic E-state index is 12.8. The highest BCUT2D eigenvalue weighted by atomic mass is 16.1. The molecule has 1 fully saturated rings. The van der Waals surface area contributed by atoms with Crippen LogP contribution in [0.2, 0.25) is 0 Å². The fourth-order valence-electron chi connectivity index (χ4n) is 4.05. The molecule has 1 saturated heterocycles. The van der Waals surface area contributed by atoms with Crippen LogP contribution >= 0.6 is 0 Å². The number of piperazine rings is 1. The molecule has 4 aromatic rings. The maximum absolute atomic E-state index is 12.8. The number of H-pyrrole nitrogens is 1. The van der Waals surface area contributed by atoms with Gasteiger partial charge < -0.3 is 20.5 Å².